The first-order valence-corrected chi connectivity index (χ1v) is 10.8. The fraction of sp³-hybridized carbons (Fsp3) is 0.905. The minimum absolute atomic E-state index is 0. The van der Waals surface area contributed by atoms with Gasteiger partial charge in [-0.05, 0) is 6.42 Å². The van der Waals surface area contributed by atoms with Gasteiger partial charge in [0.1, 0.15) is 6.04 Å². The molecule has 0 rings (SSSR count). The molecule has 6 heteroatoms. The van der Waals surface area contributed by atoms with Crippen molar-refractivity contribution in [1.82, 2.24) is 5.32 Å². The third-order valence-corrected chi connectivity index (χ3v) is 4.84. The van der Waals surface area contributed by atoms with Crippen molar-refractivity contribution in [3.05, 3.63) is 0 Å². The van der Waals surface area contributed by atoms with E-state index in [1.807, 2.05) is 0 Å². The van der Waals surface area contributed by atoms with Gasteiger partial charge in [-0.2, -0.15) is 0 Å². The SMILES string of the molecule is CCCCCCCCCCCCCCCCCC(=O)NCC(N)C(=O)O.Cl. The zero-order chi connectivity index (χ0) is 19.5. The molecule has 4 N–H and O–H groups in total. The maximum atomic E-state index is 11.5. The first-order chi connectivity index (χ1) is 12.6. The number of carbonyl (C=O) groups is 2. The molecule has 0 heterocycles. The highest BCUT2D eigenvalue weighted by molar-refractivity contribution is 5.85. The van der Waals surface area contributed by atoms with Crippen molar-refractivity contribution in [3.63, 3.8) is 0 Å². The van der Waals surface area contributed by atoms with Gasteiger partial charge < -0.3 is 16.2 Å². The predicted molar refractivity (Wildman–Crippen MR) is 115 cm³/mol. The van der Waals surface area contributed by atoms with Crippen molar-refractivity contribution >= 4 is 24.3 Å². The number of carboxylic acid groups (broad SMARTS) is 1. The summed E-state index contributed by atoms with van der Waals surface area (Å²) in [6.45, 7) is 2.27. The number of rotatable bonds is 19. The van der Waals surface area contributed by atoms with Crippen LogP contribution >= 0.6 is 12.4 Å². The Morgan fingerprint density at radius 1 is 0.778 bits per heavy atom. The maximum absolute atomic E-state index is 11.5. The van der Waals surface area contributed by atoms with Gasteiger partial charge in [0.25, 0.3) is 0 Å². The Morgan fingerprint density at radius 2 is 1.15 bits per heavy atom. The van der Waals surface area contributed by atoms with Crippen molar-refractivity contribution in [2.75, 3.05) is 6.54 Å². The smallest absolute Gasteiger partial charge is 0.322 e. The molecule has 0 aliphatic carbocycles. The first kappa shape index (κ1) is 28.4. The predicted octanol–water partition coefficient (Wildman–Crippen LogP) is 5.20. The second-order valence-electron chi connectivity index (χ2n) is 7.45. The zero-order valence-corrected chi connectivity index (χ0v) is 18.2. The van der Waals surface area contributed by atoms with Crippen LogP contribution in [0.2, 0.25) is 0 Å². The Balaban J connectivity index is 0. The van der Waals surface area contributed by atoms with Crippen molar-refractivity contribution in [1.29, 1.82) is 0 Å². The number of carboxylic acids is 1. The van der Waals surface area contributed by atoms with Gasteiger partial charge in [-0.1, -0.05) is 96.8 Å². The average molecular weight is 407 g/mol. The second kappa shape index (κ2) is 21.5. The minimum atomic E-state index is -1.09. The summed E-state index contributed by atoms with van der Waals surface area (Å²) >= 11 is 0. The Bertz CT molecular complexity index is 354. The van der Waals surface area contributed by atoms with E-state index in [0.29, 0.717) is 6.42 Å². The van der Waals surface area contributed by atoms with E-state index in [9.17, 15) is 9.59 Å². The molecule has 27 heavy (non-hydrogen) atoms. The van der Waals surface area contributed by atoms with Gasteiger partial charge in [-0.15, -0.1) is 12.4 Å². The van der Waals surface area contributed by atoms with Crippen LogP contribution in [0.1, 0.15) is 110 Å². The molecule has 0 fully saturated rings. The molecule has 0 aromatic heterocycles. The third-order valence-electron chi connectivity index (χ3n) is 4.84. The number of aliphatic carboxylic acids is 1. The summed E-state index contributed by atoms with van der Waals surface area (Å²) in [5.74, 6) is -1.19. The lowest BCUT2D eigenvalue weighted by atomic mass is 10.0. The van der Waals surface area contributed by atoms with Gasteiger partial charge in [0.05, 0.1) is 0 Å². The number of amides is 1. The number of nitrogens with two attached hydrogens (primary N) is 1. The minimum Gasteiger partial charge on any atom is -0.480 e. The Labute approximate surface area is 172 Å². The molecule has 1 amide bonds. The molecular formula is C21H43ClN2O3. The topological polar surface area (TPSA) is 92.4 Å². The van der Waals surface area contributed by atoms with E-state index in [4.69, 9.17) is 10.8 Å². The number of halogens is 1. The average Bonchev–Trinajstić information content (AvgIpc) is 2.62. The third kappa shape index (κ3) is 21.3. The molecule has 0 radical (unpaired) electrons. The number of unbranched alkanes of at least 4 members (excludes halogenated alkanes) is 14. The highest BCUT2D eigenvalue weighted by Gasteiger charge is 2.12. The van der Waals surface area contributed by atoms with Crippen LogP contribution in [-0.4, -0.2) is 29.6 Å². The first-order valence-electron chi connectivity index (χ1n) is 10.8. The largest absolute Gasteiger partial charge is 0.480 e. The monoisotopic (exact) mass is 406 g/mol. The Hall–Kier alpha value is -0.810. The molecule has 0 aliphatic rings. The summed E-state index contributed by atoms with van der Waals surface area (Å²) in [4.78, 5) is 22.1. The summed E-state index contributed by atoms with van der Waals surface area (Å²) in [6, 6.07) is -1.01. The summed E-state index contributed by atoms with van der Waals surface area (Å²) in [6.07, 6.45) is 20.0. The summed E-state index contributed by atoms with van der Waals surface area (Å²) < 4.78 is 0. The standard InChI is InChI=1S/C21H42N2O3.ClH/c1-2-3-4-5-6-7-8-9-10-11-12-13-14-15-16-17-20(24)23-18-19(22)21(25)26;/h19H,2-18,22H2,1H3,(H,23,24)(H,25,26);1H. The van der Waals surface area contributed by atoms with Crippen molar-refractivity contribution < 1.29 is 14.7 Å². The van der Waals surface area contributed by atoms with Gasteiger partial charge >= 0.3 is 5.97 Å². The summed E-state index contributed by atoms with van der Waals surface area (Å²) in [5.41, 5.74) is 5.34. The van der Waals surface area contributed by atoms with E-state index >= 15 is 0 Å². The van der Waals surface area contributed by atoms with Crippen LogP contribution in [0.4, 0.5) is 0 Å². The molecule has 0 aliphatic heterocycles. The molecule has 0 spiro atoms. The molecule has 0 saturated carbocycles. The highest BCUT2D eigenvalue weighted by atomic mass is 35.5. The van der Waals surface area contributed by atoms with Crippen LogP contribution in [0.3, 0.4) is 0 Å². The van der Waals surface area contributed by atoms with Crippen LogP contribution in [0, 0.1) is 0 Å². The zero-order valence-electron chi connectivity index (χ0n) is 17.3. The lowest BCUT2D eigenvalue weighted by Gasteiger charge is -2.08. The van der Waals surface area contributed by atoms with Crippen LogP contribution in [0.5, 0.6) is 0 Å². The van der Waals surface area contributed by atoms with Gasteiger partial charge in [-0.25, -0.2) is 0 Å². The van der Waals surface area contributed by atoms with E-state index in [1.165, 1.54) is 83.5 Å². The van der Waals surface area contributed by atoms with E-state index in [-0.39, 0.29) is 24.9 Å². The van der Waals surface area contributed by atoms with Crippen LogP contribution in [0.15, 0.2) is 0 Å². The molecule has 1 unspecified atom stereocenters. The fourth-order valence-electron chi connectivity index (χ4n) is 3.06. The van der Waals surface area contributed by atoms with Gasteiger partial charge in [-0.3, -0.25) is 9.59 Å². The summed E-state index contributed by atoms with van der Waals surface area (Å²) in [7, 11) is 0. The van der Waals surface area contributed by atoms with Gasteiger partial charge in [0, 0.05) is 13.0 Å². The lowest BCUT2D eigenvalue weighted by molar-refractivity contribution is -0.138. The highest BCUT2D eigenvalue weighted by Crippen LogP contribution is 2.13. The van der Waals surface area contributed by atoms with Crippen molar-refractivity contribution in [2.45, 2.75) is 116 Å². The molecule has 0 aromatic rings. The number of carbonyl (C=O) groups excluding carboxylic acids is 1. The van der Waals surface area contributed by atoms with E-state index in [0.717, 1.165) is 12.8 Å². The molecule has 5 nitrogen and oxygen atoms in total. The van der Waals surface area contributed by atoms with Gasteiger partial charge in [0.2, 0.25) is 5.91 Å². The fourth-order valence-corrected chi connectivity index (χ4v) is 3.06. The molecule has 162 valence electrons. The Kier molecular flexibility index (Phi) is 22.6. The van der Waals surface area contributed by atoms with Crippen LogP contribution in [-0.2, 0) is 9.59 Å². The molecular weight excluding hydrogens is 364 g/mol. The van der Waals surface area contributed by atoms with Crippen molar-refractivity contribution in [3.8, 4) is 0 Å². The lowest BCUT2D eigenvalue weighted by Crippen LogP contribution is -2.42. The molecule has 0 bridgehead atoms. The number of hydrogen-bond donors (Lipinski definition) is 3. The van der Waals surface area contributed by atoms with Crippen molar-refractivity contribution in [2.24, 2.45) is 5.73 Å². The van der Waals surface area contributed by atoms with E-state index < -0.39 is 12.0 Å². The Morgan fingerprint density at radius 3 is 1.52 bits per heavy atom. The van der Waals surface area contributed by atoms with E-state index in [1.54, 1.807) is 0 Å². The maximum Gasteiger partial charge on any atom is 0.322 e. The van der Waals surface area contributed by atoms with Gasteiger partial charge in [0.15, 0.2) is 0 Å². The summed E-state index contributed by atoms with van der Waals surface area (Å²) in [5, 5.41) is 11.2. The van der Waals surface area contributed by atoms with E-state index in [2.05, 4.69) is 12.2 Å². The second-order valence-corrected chi connectivity index (χ2v) is 7.45. The van der Waals surface area contributed by atoms with Crippen LogP contribution in [0.25, 0.3) is 0 Å². The molecule has 0 saturated heterocycles. The normalized spacial score (nSPS) is 11.6. The number of hydrogen-bond acceptors (Lipinski definition) is 3. The number of nitrogens with one attached hydrogen (secondary N) is 1. The van der Waals surface area contributed by atoms with Crippen LogP contribution < -0.4 is 11.1 Å². The quantitative estimate of drug-likeness (QED) is 0.257. The molecule has 0 aromatic carbocycles. The molecule has 1 atom stereocenters.